The zero-order valence-electron chi connectivity index (χ0n) is 22.7. The number of carbonyl (C=O) groups excluding carboxylic acids is 1. The molecule has 11 nitrogen and oxygen atoms in total. The molecule has 1 heterocycles. The van der Waals surface area contributed by atoms with Crippen LogP contribution in [0.2, 0.25) is 0 Å². The van der Waals surface area contributed by atoms with Crippen molar-refractivity contribution in [1.29, 1.82) is 0 Å². The number of fused-ring (bicyclic) bond motifs is 1. The van der Waals surface area contributed by atoms with Gasteiger partial charge in [-0.1, -0.05) is 36.4 Å². The van der Waals surface area contributed by atoms with Crippen molar-refractivity contribution in [1.82, 2.24) is 9.97 Å². The van der Waals surface area contributed by atoms with Crippen LogP contribution in [-0.4, -0.2) is 45.1 Å². The summed E-state index contributed by atoms with van der Waals surface area (Å²) in [4.78, 5) is 21.5. The van der Waals surface area contributed by atoms with E-state index in [0.717, 1.165) is 0 Å². The van der Waals surface area contributed by atoms with Crippen molar-refractivity contribution in [3.63, 3.8) is 0 Å². The first kappa shape index (κ1) is 28.2. The van der Waals surface area contributed by atoms with E-state index >= 15 is 0 Å². The highest BCUT2D eigenvalue weighted by atomic mass is 32.2. The number of hydrogen-bond donors (Lipinski definition) is 3. The van der Waals surface area contributed by atoms with Crippen LogP contribution in [0.5, 0.6) is 17.2 Å². The van der Waals surface area contributed by atoms with Crippen LogP contribution in [0, 0.1) is 0 Å². The minimum atomic E-state index is -4.16. The molecule has 0 saturated carbocycles. The molecule has 42 heavy (non-hydrogen) atoms. The summed E-state index contributed by atoms with van der Waals surface area (Å²) < 4.78 is 45.7. The number of nitrogens with one attached hydrogen (secondary N) is 3. The quantitative estimate of drug-likeness (QED) is 0.191. The maximum atomic E-state index is 13.5. The Hall–Kier alpha value is -5.36. The first-order valence-electron chi connectivity index (χ1n) is 12.7. The van der Waals surface area contributed by atoms with Crippen LogP contribution < -0.4 is 29.6 Å². The largest absolute Gasteiger partial charge is 0.497 e. The van der Waals surface area contributed by atoms with Crippen LogP contribution in [0.15, 0.2) is 102 Å². The lowest BCUT2D eigenvalue weighted by molar-refractivity contribution is -0.118. The molecule has 214 valence electrons. The average molecular weight is 586 g/mol. The Balaban J connectivity index is 1.40. The highest BCUT2D eigenvalue weighted by molar-refractivity contribution is 7.92. The van der Waals surface area contributed by atoms with Gasteiger partial charge in [0.05, 0.1) is 30.1 Å². The lowest BCUT2D eigenvalue weighted by Gasteiger charge is -2.15. The number of carbonyl (C=O) groups is 1. The van der Waals surface area contributed by atoms with Crippen molar-refractivity contribution in [3.8, 4) is 17.2 Å². The fraction of sp³-hybridized carbons (Fsp3) is 0.100. The maximum absolute atomic E-state index is 13.5. The Morgan fingerprint density at radius 1 is 0.714 bits per heavy atom. The predicted molar refractivity (Wildman–Crippen MR) is 160 cm³/mol. The fourth-order valence-corrected chi connectivity index (χ4v) is 5.02. The summed E-state index contributed by atoms with van der Waals surface area (Å²) >= 11 is 0. The third kappa shape index (κ3) is 6.85. The Labute approximate surface area is 242 Å². The lowest BCUT2D eigenvalue weighted by Crippen LogP contribution is -2.20. The predicted octanol–water partition coefficient (Wildman–Crippen LogP) is 5.21. The second kappa shape index (κ2) is 12.4. The molecule has 0 spiro atoms. The molecule has 0 radical (unpaired) electrons. The molecule has 0 fully saturated rings. The third-order valence-electron chi connectivity index (χ3n) is 5.96. The average Bonchev–Trinajstić information content (AvgIpc) is 3.00. The Kier molecular flexibility index (Phi) is 8.34. The van der Waals surface area contributed by atoms with E-state index in [1.54, 1.807) is 66.7 Å². The summed E-state index contributed by atoms with van der Waals surface area (Å²) in [5, 5.41) is 5.78. The van der Waals surface area contributed by atoms with Crippen LogP contribution >= 0.6 is 0 Å². The van der Waals surface area contributed by atoms with Crippen molar-refractivity contribution in [2.45, 2.75) is 4.90 Å². The summed E-state index contributed by atoms with van der Waals surface area (Å²) in [5.41, 5.74) is 1.87. The van der Waals surface area contributed by atoms with Crippen LogP contribution in [0.25, 0.3) is 11.0 Å². The number of aromatic nitrogens is 2. The number of benzene rings is 4. The second-order valence-electron chi connectivity index (χ2n) is 8.92. The van der Waals surface area contributed by atoms with Gasteiger partial charge in [0.25, 0.3) is 15.9 Å². The second-order valence-corrected chi connectivity index (χ2v) is 10.6. The SMILES string of the molecule is COc1cc(Nc2nc3ccccc3nc2NS(=O)(=O)c2cccc(NC(=O)COc3ccccc3)c2)cc(OC)c1. The molecule has 5 rings (SSSR count). The number of ether oxygens (including phenoxy) is 3. The number of sulfonamides is 1. The topological polar surface area (TPSA) is 141 Å². The standard InChI is InChI=1S/C30H27N5O6S/c1-39-23-15-21(16-24(18-23)40-2)32-29-30(34-27-14-7-6-13-26(27)33-29)35-42(37,38)25-12-8-9-20(17-25)31-28(36)19-41-22-10-4-3-5-11-22/h3-18H,19H2,1-2H3,(H,31,36)(H,32,33)(H,34,35). The molecular formula is C30H27N5O6S. The third-order valence-corrected chi connectivity index (χ3v) is 7.29. The van der Waals surface area contributed by atoms with Crippen molar-refractivity contribution in [2.75, 3.05) is 36.2 Å². The summed E-state index contributed by atoms with van der Waals surface area (Å²) in [7, 11) is -1.10. The Bertz CT molecular complexity index is 1810. The molecule has 3 N–H and O–H groups in total. The fourth-order valence-electron chi connectivity index (χ4n) is 3.96. The highest BCUT2D eigenvalue weighted by Gasteiger charge is 2.20. The molecule has 0 aliphatic heterocycles. The summed E-state index contributed by atoms with van der Waals surface area (Å²) in [5.74, 6) is 1.29. The smallest absolute Gasteiger partial charge is 0.263 e. The minimum absolute atomic E-state index is 0.0267. The van der Waals surface area contributed by atoms with E-state index in [-0.39, 0.29) is 28.8 Å². The van der Waals surface area contributed by atoms with E-state index in [1.807, 2.05) is 12.1 Å². The first-order chi connectivity index (χ1) is 20.3. The maximum Gasteiger partial charge on any atom is 0.263 e. The lowest BCUT2D eigenvalue weighted by atomic mass is 10.2. The van der Waals surface area contributed by atoms with Crippen LogP contribution in [0.3, 0.4) is 0 Å². The highest BCUT2D eigenvalue weighted by Crippen LogP contribution is 2.31. The first-order valence-corrected chi connectivity index (χ1v) is 14.2. The van der Waals surface area contributed by atoms with Crippen molar-refractivity contribution < 1.29 is 27.4 Å². The van der Waals surface area contributed by atoms with Crippen LogP contribution in [0.1, 0.15) is 0 Å². The van der Waals surface area contributed by atoms with Gasteiger partial charge < -0.3 is 24.8 Å². The van der Waals surface area contributed by atoms with Gasteiger partial charge in [-0.25, -0.2) is 18.4 Å². The van der Waals surface area contributed by atoms with Gasteiger partial charge in [0.2, 0.25) is 0 Å². The monoisotopic (exact) mass is 585 g/mol. The minimum Gasteiger partial charge on any atom is -0.497 e. The zero-order valence-corrected chi connectivity index (χ0v) is 23.5. The Morgan fingerprint density at radius 3 is 2.02 bits per heavy atom. The molecule has 0 saturated heterocycles. The molecule has 0 bridgehead atoms. The number of para-hydroxylation sites is 3. The molecule has 1 aromatic heterocycles. The van der Waals surface area contributed by atoms with Gasteiger partial charge in [-0.15, -0.1) is 0 Å². The van der Waals surface area contributed by atoms with Gasteiger partial charge in [-0.05, 0) is 42.5 Å². The number of rotatable bonds is 11. The summed E-state index contributed by atoms with van der Waals surface area (Å²) in [6, 6.07) is 27.0. The number of amides is 1. The van der Waals surface area contributed by atoms with E-state index in [2.05, 4.69) is 25.3 Å². The van der Waals surface area contributed by atoms with Gasteiger partial charge in [0, 0.05) is 29.6 Å². The molecule has 0 aliphatic rings. The number of nitrogens with zero attached hydrogens (tertiary/aromatic N) is 2. The van der Waals surface area contributed by atoms with Crippen molar-refractivity contribution in [3.05, 3.63) is 97.1 Å². The van der Waals surface area contributed by atoms with Gasteiger partial charge in [0.1, 0.15) is 17.2 Å². The van der Waals surface area contributed by atoms with E-state index in [1.165, 1.54) is 32.4 Å². The van der Waals surface area contributed by atoms with Crippen molar-refractivity contribution in [2.24, 2.45) is 0 Å². The van der Waals surface area contributed by atoms with Crippen molar-refractivity contribution >= 4 is 50.0 Å². The van der Waals surface area contributed by atoms with Gasteiger partial charge in [-0.3, -0.25) is 9.52 Å². The zero-order chi connectivity index (χ0) is 29.5. The molecule has 4 aromatic carbocycles. The van der Waals surface area contributed by atoms with Gasteiger partial charge in [-0.2, -0.15) is 0 Å². The summed E-state index contributed by atoms with van der Waals surface area (Å²) in [6.07, 6.45) is 0. The van der Waals surface area contributed by atoms with E-state index < -0.39 is 15.9 Å². The number of hydrogen-bond acceptors (Lipinski definition) is 9. The van der Waals surface area contributed by atoms with E-state index in [0.29, 0.717) is 34.0 Å². The molecule has 5 aromatic rings. The van der Waals surface area contributed by atoms with E-state index in [9.17, 15) is 13.2 Å². The van der Waals surface area contributed by atoms with Gasteiger partial charge >= 0.3 is 0 Å². The van der Waals surface area contributed by atoms with Gasteiger partial charge in [0.15, 0.2) is 18.2 Å². The number of methoxy groups -OCH3 is 2. The van der Waals surface area contributed by atoms with Crippen LogP contribution in [-0.2, 0) is 14.8 Å². The van der Waals surface area contributed by atoms with E-state index in [4.69, 9.17) is 14.2 Å². The Morgan fingerprint density at radius 2 is 1.36 bits per heavy atom. The molecule has 1 amide bonds. The molecule has 0 atom stereocenters. The normalized spacial score (nSPS) is 11.0. The molecule has 12 heteroatoms. The molecule has 0 unspecified atom stereocenters. The van der Waals surface area contributed by atoms with Crippen LogP contribution in [0.4, 0.5) is 23.0 Å². The number of anilines is 4. The summed E-state index contributed by atoms with van der Waals surface area (Å²) in [6.45, 7) is -0.240. The molecular weight excluding hydrogens is 558 g/mol. The molecule has 0 aliphatic carbocycles.